The van der Waals surface area contributed by atoms with Gasteiger partial charge in [0.2, 0.25) is 0 Å². The number of carbonyl (C=O) groups excluding carboxylic acids is 1. The van der Waals surface area contributed by atoms with Crippen molar-refractivity contribution in [1.29, 1.82) is 0 Å². The van der Waals surface area contributed by atoms with Crippen molar-refractivity contribution in [3.63, 3.8) is 0 Å². The highest BCUT2D eigenvalue weighted by Crippen LogP contribution is 2.29. The highest BCUT2D eigenvalue weighted by atomic mass is 35.5. The number of rotatable bonds is 5. The molecule has 0 fully saturated rings. The second-order valence-corrected chi connectivity index (χ2v) is 5.27. The number of hydrogen-bond donors (Lipinski definition) is 0. The van der Waals surface area contributed by atoms with Gasteiger partial charge in [-0.25, -0.2) is 9.47 Å². The van der Waals surface area contributed by atoms with Gasteiger partial charge in [-0.1, -0.05) is 23.7 Å². The Morgan fingerprint density at radius 1 is 1.16 bits per heavy atom. The van der Waals surface area contributed by atoms with Gasteiger partial charge in [0, 0.05) is 0 Å². The Labute approximate surface area is 148 Å². The molecule has 0 radical (unpaired) electrons. The van der Waals surface area contributed by atoms with E-state index in [1.807, 2.05) is 0 Å². The molecule has 0 amide bonds. The quantitative estimate of drug-likeness (QED) is 0.399. The predicted octanol–water partition coefficient (Wildman–Crippen LogP) is 3.04. The Balaban J connectivity index is 1.80. The smallest absolute Gasteiger partial charge is 0.345 e. The Morgan fingerprint density at radius 2 is 1.92 bits per heavy atom. The fraction of sp³-hybridized carbons (Fsp3) is 0.0588. The predicted molar refractivity (Wildman–Crippen MR) is 92.4 cm³/mol. The fourth-order valence-corrected chi connectivity index (χ4v) is 2.23. The average Bonchev–Trinajstić information content (AvgIpc) is 3.14. The van der Waals surface area contributed by atoms with Crippen molar-refractivity contribution in [2.45, 2.75) is 0 Å². The zero-order chi connectivity index (χ0) is 17.6. The molecule has 0 spiro atoms. The molecular weight excluding hydrogens is 344 g/mol. The van der Waals surface area contributed by atoms with Gasteiger partial charge in [0.05, 0.1) is 23.9 Å². The summed E-state index contributed by atoms with van der Waals surface area (Å²) < 4.78 is 12.1. The summed E-state index contributed by atoms with van der Waals surface area (Å²) in [6.45, 7) is 0. The summed E-state index contributed by atoms with van der Waals surface area (Å²) in [4.78, 5) is 12.3. The normalized spacial score (nSPS) is 10.8. The molecule has 126 valence electrons. The summed E-state index contributed by atoms with van der Waals surface area (Å²) in [7, 11) is 1.49. The van der Waals surface area contributed by atoms with Gasteiger partial charge in [-0.15, -0.1) is 10.2 Å². The Hall–Kier alpha value is -3.19. The zero-order valence-electron chi connectivity index (χ0n) is 13.2. The molecule has 3 aromatic rings. The summed E-state index contributed by atoms with van der Waals surface area (Å²) in [5.74, 6) is 0.122. The summed E-state index contributed by atoms with van der Waals surface area (Å²) in [6, 6.07) is 11.7. The lowest BCUT2D eigenvalue weighted by Gasteiger charge is -2.10. The van der Waals surface area contributed by atoms with E-state index in [-0.39, 0.29) is 11.3 Å². The van der Waals surface area contributed by atoms with Crippen LogP contribution >= 0.6 is 11.6 Å². The van der Waals surface area contributed by atoms with Crippen molar-refractivity contribution in [2.24, 2.45) is 5.10 Å². The minimum absolute atomic E-state index is 0.282. The van der Waals surface area contributed by atoms with Crippen LogP contribution in [0.4, 0.5) is 0 Å². The number of halogens is 1. The molecule has 2 aromatic carbocycles. The van der Waals surface area contributed by atoms with Gasteiger partial charge in [0.1, 0.15) is 12.7 Å². The molecule has 3 rings (SSSR count). The molecule has 0 N–H and O–H groups in total. The van der Waals surface area contributed by atoms with Crippen molar-refractivity contribution < 1.29 is 14.3 Å². The topological polar surface area (TPSA) is 78.6 Å². The van der Waals surface area contributed by atoms with Crippen LogP contribution in [-0.2, 0) is 0 Å². The average molecular weight is 357 g/mol. The van der Waals surface area contributed by atoms with Gasteiger partial charge in [-0.3, -0.25) is 0 Å². The summed E-state index contributed by atoms with van der Waals surface area (Å²) in [5, 5.41) is 11.8. The van der Waals surface area contributed by atoms with Crippen molar-refractivity contribution >= 4 is 23.8 Å². The molecule has 1 aromatic heterocycles. The van der Waals surface area contributed by atoms with E-state index in [0.29, 0.717) is 10.8 Å². The van der Waals surface area contributed by atoms with E-state index < -0.39 is 5.97 Å². The summed E-state index contributed by atoms with van der Waals surface area (Å²) in [5.41, 5.74) is 1.03. The third-order valence-electron chi connectivity index (χ3n) is 3.23. The number of methoxy groups -OCH3 is 1. The highest BCUT2D eigenvalue weighted by molar-refractivity contribution is 6.33. The minimum Gasteiger partial charge on any atom is -0.493 e. The van der Waals surface area contributed by atoms with Crippen molar-refractivity contribution in [1.82, 2.24) is 14.9 Å². The van der Waals surface area contributed by atoms with E-state index in [0.717, 1.165) is 5.56 Å². The van der Waals surface area contributed by atoms with Crippen LogP contribution in [0.15, 0.2) is 60.2 Å². The number of ether oxygens (including phenoxy) is 2. The van der Waals surface area contributed by atoms with Crippen molar-refractivity contribution in [2.75, 3.05) is 7.11 Å². The molecule has 0 aliphatic rings. The van der Waals surface area contributed by atoms with Crippen LogP contribution in [0.25, 0.3) is 0 Å². The first-order chi connectivity index (χ1) is 12.2. The lowest BCUT2D eigenvalue weighted by atomic mass is 10.2. The van der Waals surface area contributed by atoms with Crippen LogP contribution in [0.3, 0.4) is 0 Å². The van der Waals surface area contributed by atoms with Crippen molar-refractivity contribution in [3.8, 4) is 11.5 Å². The van der Waals surface area contributed by atoms with Crippen LogP contribution in [0.2, 0.25) is 5.02 Å². The third kappa shape index (κ3) is 4.02. The maximum absolute atomic E-state index is 12.3. The zero-order valence-corrected chi connectivity index (χ0v) is 13.9. The lowest BCUT2D eigenvalue weighted by molar-refractivity contribution is 0.0730. The van der Waals surface area contributed by atoms with Gasteiger partial charge in [0.15, 0.2) is 11.5 Å². The van der Waals surface area contributed by atoms with Crippen LogP contribution in [0.1, 0.15) is 15.9 Å². The number of esters is 1. The molecule has 0 bridgehead atoms. The molecule has 0 saturated carbocycles. The first-order valence-electron chi connectivity index (χ1n) is 7.21. The van der Waals surface area contributed by atoms with Crippen LogP contribution < -0.4 is 9.47 Å². The Morgan fingerprint density at radius 3 is 2.64 bits per heavy atom. The van der Waals surface area contributed by atoms with Crippen LogP contribution in [-0.4, -0.2) is 34.2 Å². The van der Waals surface area contributed by atoms with E-state index in [1.54, 1.807) is 48.7 Å². The lowest BCUT2D eigenvalue weighted by Crippen LogP contribution is -2.10. The molecule has 0 aliphatic carbocycles. The number of nitrogens with zero attached hydrogens (tertiary/aromatic N) is 4. The monoisotopic (exact) mass is 356 g/mol. The first kappa shape index (κ1) is 16.7. The molecule has 0 saturated heterocycles. The highest BCUT2D eigenvalue weighted by Gasteiger charge is 2.15. The molecule has 0 unspecified atom stereocenters. The number of benzene rings is 2. The van der Waals surface area contributed by atoms with Crippen LogP contribution in [0.5, 0.6) is 11.5 Å². The van der Waals surface area contributed by atoms with E-state index in [2.05, 4.69) is 15.3 Å². The van der Waals surface area contributed by atoms with Crippen molar-refractivity contribution in [3.05, 3.63) is 71.3 Å². The second-order valence-electron chi connectivity index (χ2n) is 4.87. The Bertz CT molecular complexity index is 910. The van der Waals surface area contributed by atoms with Gasteiger partial charge >= 0.3 is 5.97 Å². The SMILES string of the molecule is COc1cc(/C=N/n2cnnc2)ccc1OC(=O)c1ccccc1Cl. The van der Waals surface area contributed by atoms with Crippen LogP contribution in [0, 0.1) is 0 Å². The minimum atomic E-state index is -0.560. The van der Waals surface area contributed by atoms with E-state index >= 15 is 0 Å². The van der Waals surface area contributed by atoms with Gasteiger partial charge in [-0.05, 0) is 35.9 Å². The van der Waals surface area contributed by atoms with E-state index in [1.165, 1.54) is 24.4 Å². The molecule has 7 nitrogen and oxygen atoms in total. The molecule has 8 heteroatoms. The van der Waals surface area contributed by atoms with E-state index in [4.69, 9.17) is 21.1 Å². The van der Waals surface area contributed by atoms with E-state index in [9.17, 15) is 4.79 Å². The molecule has 1 heterocycles. The maximum Gasteiger partial charge on any atom is 0.345 e. The summed E-state index contributed by atoms with van der Waals surface area (Å²) >= 11 is 6.01. The molecule has 25 heavy (non-hydrogen) atoms. The Kier molecular flexibility index (Phi) is 5.06. The fourth-order valence-electron chi connectivity index (χ4n) is 2.02. The third-order valence-corrected chi connectivity index (χ3v) is 3.56. The number of carbonyl (C=O) groups is 1. The number of hydrogen-bond acceptors (Lipinski definition) is 6. The first-order valence-corrected chi connectivity index (χ1v) is 7.59. The second kappa shape index (κ2) is 7.59. The molecule has 0 aliphatic heterocycles. The van der Waals surface area contributed by atoms with Gasteiger partial charge in [0.25, 0.3) is 0 Å². The molecular formula is C17H13ClN4O3. The number of aromatic nitrogens is 3. The van der Waals surface area contributed by atoms with Gasteiger partial charge in [-0.2, -0.15) is 5.10 Å². The largest absolute Gasteiger partial charge is 0.493 e. The standard InChI is InChI=1S/C17H13ClN4O3/c1-24-16-8-12(9-21-22-10-19-20-11-22)6-7-15(16)25-17(23)13-4-2-3-5-14(13)18/h2-11H,1H3/b21-9+. The maximum atomic E-state index is 12.3. The molecule has 0 atom stereocenters. The van der Waals surface area contributed by atoms with Gasteiger partial charge < -0.3 is 9.47 Å². The summed E-state index contributed by atoms with van der Waals surface area (Å²) in [6.07, 6.45) is 4.53.